The van der Waals surface area contributed by atoms with Crippen molar-refractivity contribution in [1.29, 1.82) is 0 Å². The summed E-state index contributed by atoms with van der Waals surface area (Å²) in [6.45, 7) is 9.02. The van der Waals surface area contributed by atoms with Gasteiger partial charge in [-0.1, -0.05) is 37.1 Å². The molecule has 2 N–H and O–H groups in total. The zero-order valence-corrected chi connectivity index (χ0v) is 15.9. The maximum Gasteiger partial charge on any atom is 0.253 e. The number of hydrogen-bond acceptors (Lipinski definition) is 4. The van der Waals surface area contributed by atoms with E-state index < -0.39 is 0 Å². The number of hydrogen-bond donors (Lipinski definition) is 2. The van der Waals surface area contributed by atoms with Crippen LogP contribution in [0.15, 0.2) is 24.3 Å². The molecular weight excluding hydrogens is 360 g/mol. The van der Waals surface area contributed by atoms with Crippen molar-refractivity contribution in [2.24, 2.45) is 0 Å². The average Bonchev–Trinajstić information content (AvgIpc) is 2.75. The van der Waals surface area contributed by atoms with Crippen LogP contribution in [0, 0.1) is 6.57 Å². The van der Waals surface area contributed by atoms with E-state index in [0.717, 1.165) is 19.3 Å². The van der Waals surface area contributed by atoms with Crippen LogP contribution in [0.3, 0.4) is 0 Å². The Balaban J connectivity index is 1.66. The third-order valence-electron chi connectivity index (χ3n) is 4.83. The third-order valence-corrected chi connectivity index (χ3v) is 4.83. The maximum atomic E-state index is 12.5. The van der Waals surface area contributed by atoms with Gasteiger partial charge in [0.1, 0.15) is 0 Å². The SMILES string of the molecule is [C-]#[N+]c1ccc(C(=O)N2CCN(C(=O)CCCCCCC(=O)NO)CC2)cc1. The van der Waals surface area contributed by atoms with Crippen LogP contribution in [-0.4, -0.2) is 58.9 Å². The second-order valence-corrected chi connectivity index (χ2v) is 6.78. The number of carbonyl (C=O) groups is 3. The van der Waals surface area contributed by atoms with Gasteiger partial charge in [0, 0.05) is 44.6 Å². The minimum absolute atomic E-state index is 0.0736. The van der Waals surface area contributed by atoms with E-state index in [-0.39, 0.29) is 17.7 Å². The van der Waals surface area contributed by atoms with Gasteiger partial charge in [0.25, 0.3) is 5.91 Å². The van der Waals surface area contributed by atoms with Crippen molar-refractivity contribution < 1.29 is 19.6 Å². The lowest BCUT2D eigenvalue weighted by Crippen LogP contribution is -2.50. The first-order chi connectivity index (χ1) is 13.5. The molecule has 8 nitrogen and oxygen atoms in total. The van der Waals surface area contributed by atoms with E-state index in [1.54, 1.807) is 39.5 Å². The van der Waals surface area contributed by atoms with E-state index in [1.165, 1.54) is 0 Å². The molecule has 2 rings (SSSR count). The third kappa shape index (κ3) is 6.35. The summed E-state index contributed by atoms with van der Waals surface area (Å²) in [7, 11) is 0. The number of piperazine rings is 1. The minimum atomic E-state index is -0.383. The van der Waals surface area contributed by atoms with E-state index in [1.807, 2.05) is 0 Å². The Morgan fingerprint density at radius 3 is 2.07 bits per heavy atom. The Labute approximate surface area is 164 Å². The topological polar surface area (TPSA) is 94.3 Å². The molecule has 1 aromatic carbocycles. The van der Waals surface area contributed by atoms with Gasteiger partial charge in [0.15, 0.2) is 5.69 Å². The zero-order valence-electron chi connectivity index (χ0n) is 15.9. The molecule has 0 radical (unpaired) electrons. The standard InChI is InChI=1S/C20H26N4O4/c1-21-17-10-8-16(9-11-17)20(27)24-14-12-23(13-15-24)19(26)7-5-3-2-4-6-18(25)22-28/h8-11,28H,2-7,12-15H2,(H,22,25). The number of unbranched alkanes of at least 4 members (excludes halogenated alkanes) is 3. The highest BCUT2D eigenvalue weighted by atomic mass is 16.5. The first kappa shape index (κ1) is 21.4. The van der Waals surface area contributed by atoms with Gasteiger partial charge < -0.3 is 9.80 Å². The van der Waals surface area contributed by atoms with Gasteiger partial charge in [-0.15, -0.1) is 0 Å². The van der Waals surface area contributed by atoms with Crippen molar-refractivity contribution in [1.82, 2.24) is 15.3 Å². The van der Waals surface area contributed by atoms with Crippen LogP contribution < -0.4 is 5.48 Å². The molecule has 1 aromatic rings. The van der Waals surface area contributed by atoms with Crippen LogP contribution >= 0.6 is 0 Å². The zero-order chi connectivity index (χ0) is 20.4. The molecule has 150 valence electrons. The van der Waals surface area contributed by atoms with Gasteiger partial charge in [-0.3, -0.25) is 19.6 Å². The molecular formula is C20H26N4O4. The molecule has 1 heterocycles. The molecule has 0 bridgehead atoms. The van der Waals surface area contributed by atoms with Crippen molar-refractivity contribution >= 4 is 23.4 Å². The van der Waals surface area contributed by atoms with Gasteiger partial charge in [0.2, 0.25) is 11.8 Å². The lowest BCUT2D eigenvalue weighted by molar-refractivity contribution is -0.133. The number of carbonyl (C=O) groups excluding carboxylic acids is 3. The van der Waals surface area contributed by atoms with Gasteiger partial charge in [-0.05, 0) is 12.8 Å². The van der Waals surface area contributed by atoms with Crippen molar-refractivity contribution in [3.63, 3.8) is 0 Å². The summed E-state index contributed by atoms with van der Waals surface area (Å²) in [5.74, 6) is -0.358. The number of rotatable bonds is 8. The van der Waals surface area contributed by atoms with Crippen molar-refractivity contribution in [2.75, 3.05) is 26.2 Å². The molecule has 0 atom stereocenters. The van der Waals surface area contributed by atoms with Gasteiger partial charge in [-0.2, -0.15) is 0 Å². The van der Waals surface area contributed by atoms with Crippen LogP contribution in [0.1, 0.15) is 48.9 Å². The fourth-order valence-electron chi connectivity index (χ4n) is 3.15. The number of nitrogens with zero attached hydrogens (tertiary/aromatic N) is 3. The first-order valence-electron chi connectivity index (χ1n) is 9.52. The molecule has 3 amide bonds. The van der Waals surface area contributed by atoms with Gasteiger partial charge in [-0.25, -0.2) is 10.3 Å². The predicted molar refractivity (Wildman–Crippen MR) is 103 cm³/mol. The van der Waals surface area contributed by atoms with Crippen molar-refractivity contribution in [3.05, 3.63) is 41.2 Å². The van der Waals surface area contributed by atoms with Crippen LogP contribution in [0.5, 0.6) is 0 Å². The highest BCUT2D eigenvalue weighted by molar-refractivity contribution is 5.94. The summed E-state index contributed by atoms with van der Waals surface area (Å²) in [5.41, 5.74) is 2.67. The Hall–Kier alpha value is -2.92. The summed E-state index contributed by atoms with van der Waals surface area (Å²) < 4.78 is 0. The molecule has 1 saturated heterocycles. The van der Waals surface area contributed by atoms with Crippen LogP contribution in [0.2, 0.25) is 0 Å². The number of amides is 3. The molecule has 0 aromatic heterocycles. The fraction of sp³-hybridized carbons (Fsp3) is 0.500. The molecule has 1 aliphatic rings. The highest BCUT2D eigenvalue weighted by Gasteiger charge is 2.24. The predicted octanol–water partition coefficient (Wildman–Crippen LogP) is 2.37. The summed E-state index contributed by atoms with van der Waals surface area (Å²) in [4.78, 5) is 42.6. The van der Waals surface area contributed by atoms with E-state index in [0.29, 0.717) is 56.7 Å². The minimum Gasteiger partial charge on any atom is -0.339 e. The van der Waals surface area contributed by atoms with Crippen LogP contribution in [-0.2, 0) is 9.59 Å². The summed E-state index contributed by atoms with van der Waals surface area (Å²) in [6.07, 6.45) is 3.93. The van der Waals surface area contributed by atoms with E-state index in [9.17, 15) is 14.4 Å². The van der Waals surface area contributed by atoms with E-state index in [4.69, 9.17) is 11.8 Å². The second kappa shape index (κ2) is 11.0. The summed E-state index contributed by atoms with van der Waals surface area (Å²) >= 11 is 0. The molecule has 0 saturated carbocycles. The second-order valence-electron chi connectivity index (χ2n) is 6.78. The van der Waals surface area contributed by atoms with E-state index >= 15 is 0 Å². The summed E-state index contributed by atoms with van der Waals surface area (Å²) in [6, 6.07) is 6.60. The van der Waals surface area contributed by atoms with Crippen molar-refractivity contribution in [2.45, 2.75) is 38.5 Å². The van der Waals surface area contributed by atoms with E-state index in [2.05, 4.69) is 4.85 Å². The van der Waals surface area contributed by atoms with Gasteiger partial charge >= 0.3 is 0 Å². The highest BCUT2D eigenvalue weighted by Crippen LogP contribution is 2.16. The maximum absolute atomic E-state index is 12.5. The molecule has 0 aliphatic carbocycles. The Kier molecular flexibility index (Phi) is 8.43. The first-order valence-corrected chi connectivity index (χ1v) is 9.52. The largest absolute Gasteiger partial charge is 0.339 e. The Bertz CT molecular complexity index is 719. The number of nitrogens with one attached hydrogen (secondary N) is 1. The normalized spacial score (nSPS) is 13.7. The number of benzene rings is 1. The van der Waals surface area contributed by atoms with Crippen LogP contribution in [0.4, 0.5) is 5.69 Å². The monoisotopic (exact) mass is 386 g/mol. The summed E-state index contributed by atoms with van der Waals surface area (Å²) in [5, 5.41) is 8.41. The van der Waals surface area contributed by atoms with Crippen LogP contribution in [0.25, 0.3) is 4.85 Å². The Morgan fingerprint density at radius 1 is 0.929 bits per heavy atom. The lowest BCUT2D eigenvalue weighted by Gasteiger charge is -2.35. The molecule has 8 heteroatoms. The average molecular weight is 386 g/mol. The lowest BCUT2D eigenvalue weighted by atomic mass is 10.1. The molecule has 1 aliphatic heterocycles. The van der Waals surface area contributed by atoms with Crippen molar-refractivity contribution in [3.8, 4) is 0 Å². The molecule has 0 spiro atoms. The Morgan fingerprint density at radius 2 is 1.50 bits per heavy atom. The molecule has 28 heavy (non-hydrogen) atoms. The quantitative estimate of drug-likeness (QED) is 0.310. The fourth-order valence-corrected chi connectivity index (χ4v) is 3.15. The molecule has 1 fully saturated rings. The number of hydroxylamine groups is 1. The van der Waals surface area contributed by atoms with Gasteiger partial charge in [0.05, 0.1) is 6.57 Å². The molecule has 0 unspecified atom stereocenters. The smallest absolute Gasteiger partial charge is 0.253 e.